The van der Waals surface area contributed by atoms with Crippen molar-refractivity contribution in [1.82, 2.24) is 14.9 Å². The lowest BCUT2D eigenvalue weighted by Gasteiger charge is -2.08. The number of nitrogens with zero attached hydrogens (tertiary/aromatic N) is 3. The Morgan fingerprint density at radius 3 is 3.00 bits per heavy atom. The topological polar surface area (TPSA) is 99.0 Å². The molecule has 0 radical (unpaired) electrons. The predicted molar refractivity (Wildman–Crippen MR) is 55.3 cm³/mol. The molecule has 1 unspecified atom stereocenters. The van der Waals surface area contributed by atoms with Crippen LogP contribution in [0.2, 0.25) is 0 Å². The van der Waals surface area contributed by atoms with E-state index in [1.54, 1.807) is 24.1 Å². The summed E-state index contributed by atoms with van der Waals surface area (Å²) in [6.07, 6.45) is 5.97. The summed E-state index contributed by atoms with van der Waals surface area (Å²) >= 11 is 0. The number of hydrogen-bond acceptors (Lipinski definition) is 5. The summed E-state index contributed by atoms with van der Waals surface area (Å²) in [7, 11) is 1.76. The summed E-state index contributed by atoms with van der Waals surface area (Å²) in [6, 6.07) is -0.761. The summed E-state index contributed by atoms with van der Waals surface area (Å²) < 4.78 is 6.17. The second-order valence-corrected chi connectivity index (χ2v) is 3.33. The van der Waals surface area contributed by atoms with Gasteiger partial charge in [-0.3, -0.25) is 9.48 Å². The third-order valence-electron chi connectivity index (χ3n) is 2.07. The molecule has 84 valence electrons. The number of carbonyl (C=O) groups excluding carboxylic acids is 1. The normalized spacial score (nSPS) is 12.4. The van der Waals surface area contributed by atoms with Gasteiger partial charge in [0.05, 0.1) is 12.4 Å². The molecule has 0 aliphatic heterocycles. The Balaban J connectivity index is 2.05. The van der Waals surface area contributed by atoms with Gasteiger partial charge >= 0.3 is 0 Å². The molecule has 0 aromatic carbocycles. The number of aryl methyl sites for hydroxylation is 1. The Hall–Kier alpha value is -2.15. The van der Waals surface area contributed by atoms with E-state index < -0.39 is 6.04 Å². The van der Waals surface area contributed by atoms with Crippen LogP contribution in [0.4, 0.5) is 5.69 Å². The first kappa shape index (κ1) is 10.4. The van der Waals surface area contributed by atoms with Crippen molar-refractivity contribution in [3.05, 3.63) is 30.4 Å². The summed E-state index contributed by atoms with van der Waals surface area (Å²) in [5, 5.41) is 9.98. The molecule has 3 N–H and O–H groups in total. The quantitative estimate of drug-likeness (QED) is 0.762. The standard InChI is InChI=1S/C9H11N5O2/c1-14-4-6(2-11-14)8(10)9(15)13-7-3-12-16-5-7/h2-5,8H,10H2,1H3,(H,13,15). The molecular weight excluding hydrogens is 210 g/mol. The van der Waals surface area contributed by atoms with Crippen LogP contribution >= 0.6 is 0 Å². The molecule has 0 saturated carbocycles. The van der Waals surface area contributed by atoms with Gasteiger partial charge < -0.3 is 15.6 Å². The van der Waals surface area contributed by atoms with Gasteiger partial charge in [0, 0.05) is 18.8 Å². The third-order valence-corrected chi connectivity index (χ3v) is 2.07. The number of amides is 1. The van der Waals surface area contributed by atoms with Crippen molar-refractivity contribution in [3.8, 4) is 0 Å². The molecule has 0 bridgehead atoms. The van der Waals surface area contributed by atoms with Crippen molar-refractivity contribution in [2.45, 2.75) is 6.04 Å². The van der Waals surface area contributed by atoms with Crippen LogP contribution in [0.3, 0.4) is 0 Å². The molecule has 2 rings (SSSR count). The number of anilines is 1. The van der Waals surface area contributed by atoms with Crippen LogP contribution in [0, 0.1) is 0 Å². The average Bonchev–Trinajstić information content (AvgIpc) is 2.88. The zero-order valence-corrected chi connectivity index (χ0v) is 8.62. The molecule has 2 aromatic rings. The minimum absolute atomic E-state index is 0.337. The van der Waals surface area contributed by atoms with Gasteiger partial charge in [-0.2, -0.15) is 5.10 Å². The molecule has 0 saturated heterocycles. The lowest BCUT2D eigenvalue weighted by atomic mass is 10.1. The van der Waals surface area contributed by atoms with Crippen LogP contribution in [-0.2, 0) is 11.8 Å². The maximum absolute atomic E-state index is 11.7. The van der Waals surface area contributed by atoms with Crippen LogP contribution in [0.1, 0.15) is 11.6 Å². The summed E-state index contributed by atoms with van der Waals surface area (Å²) in [5.41, 5.74) is 6.88. The summed E-state index contributed by atoms with van der Waals surface area (Å²) in [5.74, 6) is -0.337. The highest BCUT2D eigenvalue weighted by Crippen LogP contribution is 2.12. The van der Waals surface area contributed by atoms with Crippen LogP contribution in [0.5, 0.6) is 0 Å². The van der Waals surface area contributed by atoms with E-state index in [0.29, 0.717) is 11.3 Å². The Kier molecular flexibility index (Phi) is 2.69. The van der Waals surface area contributed by atoms with Crippen molar-refractivity contribution >= 4 is 11.6 Å². The number of rotatable bonds is 3. The summed E-state index contributed by atoms with van der Waals surface area (Å²) in [6.45, 7) is 0. The fourth-order valence-electron chi connectivity index (χ4n) is 1.24. The second-order valence-electron chi connectivity index (χ2n) is 3.33. The highest BCUT2D eigenvalue weighted by atomic mass is 16.5. The Morgan fingerprint density at radius 1 is 1.62 bits per heavy atom. The van der Waals surface area contributed by atoms with Gasteiger partial charge in [-0.1, -0.05) is 5.16 Å². The maximum atomic E-state index is 11.7. The van der Waals surface area contributed by atoms with E-state index in [-0.39, 0.29) is 5.91 Å². The minimum Gasteiger partial charge on any atom is -0.363 e. The minimum atomic E-state index is -0.761. The van der Waals surface area contributed by atoms with E-state index in [2.05, 4.69) is 20.1 Å². The average molecular weight is 221 g/mol. The van der Waals surface area contributed by atoms with Gasteiger partial charge in [-0.05, 0) is 0 Å². The van der Waals surface area contributed by atoms with Gasteiger partial charge in [0.15, 0.2) is 0 Å². The van der Waals surface area contributed by atoms with Gasteiger partial charge in [-0.15, -0.1) is 0 Å². The Labute approximate surface area is 91.2 Å². The molecule has 2 aromatic heterocycles. The third kappa shape index (κ3) is 2.09. The fourth-order valence-corrected chi connectivity index (χ4v) is 1.24. The molecule has 0 aliphatic rings. The molecule has 7 heteroatoms. The van der Waals surface area contributed by atoms with E-state index in [4.69, 9.17) is 5.73 Å². The van der Waals surface area contributed by atoms with Gasteiger partial charge in [0.2, 0.25) is 5.91 Å². The number of hydrogen-bond donors (Lipinski definition) is 2. The highest BCUT2D eigenvalue weighted by Gasteiger charge is 2.17. The Morgan fingerprint density at radius 2 is 2.44 bits per heavy atom. The zero-order chi connectivity index (χ0) is 11.5. The van der Waals surface area contributed by atoms with Crippen molar-refractivity contribution in [2.24, 2.45) is 12.8 Å². The number of nitrogens with two attached hydrogens (primary N) is 1. The van der Waals surface area contributed by atoms with Gasteiger partial charge in [0.25, 0.3) is 0 Å². The van der Waals surface area contributed by atoms with E-state index in [9.17, 15) is 4.79 Å². The van der Waals surface area contributed by atoms with Gasteiger partial charge in [-0.25, -0.2) is 0 Å². The molecule has 0 spiro atoms. The second kappa shape index (κ2) is 4.15. The van der Waals surface area contributed by atoms with Crippen LogP contribution < -0.4 is 11.1 Å². The molecular formula is C9H11N5O2. The molecule has 1 amide bonds. The fraction of sp³-hybridized carbons (Fsp3) is 0.222. The van der Waals surface area contributed by atoms with Crippen LogP contribution in [0.25, 0.3) is 0 Å². The van der Waals surface area contributed by atoms with Crippen molar-refractivity contribution < 1.29 is 9.32 Å². The number of nitrogens with one attached hydrogen (secondary N) is 1. The number of carbonyl (C=O) groups is 1. The van der Waals surface area contributed by atoms with E-state index in [1.165, 1.54) is 12.5 Å². The highest BCUT2D eigenvalue weighted by molar-refractivity contribution is 5.94. The lowest BCUT2D eigenvalue weighted by molar-refractivity contribution is -0.117. The first-order chi connectivity index (χ1) is 7.66. The Bertz CT molecular complexity index is 476. The summed E-state index contributed by atoms with van der Waals surface area (Å²) in [4.78, 5) is 11.7. The molecule has 0 aliphatic carbocycles. The van der Waals surface area contributed by atoms with E-state index in [0.717, 1.165) is 0 Å². The van der Waals surface area contributed by atoms with Crippen LogP contribution in [-0.4, -0.2) is 20.8 Å². The number of aromatic nitrogens is 3. The lowest BCUT2D eigenvalue weighted by Crippen LogP contribution is -2.27. The van der Waals surface area contributed by atoms with Crippen molar-refractivity contribution in [2.75, 3.05) is 5.32 Å². The first-order valence-electron chi connectivity index (χ1n) is 4.61. The molecule has 7 nitrogen and oxygen atoms in total. The zero-order valence-electron chi connectivity index (χ0n) is 8.62. The largest absolute Gasteiger partial charge is 0.363 e. The van der Waals surface area contributed by atoms with Crippen LogP contribution in [0.15, 0.2) is 29.4 Å². The molecule has 0 fully saturated rings. The first-order valence-corrected chi connectivity index (χ1v) is 4.61. The van der Waals surface area contributed by atoms with E-state index >= 15 is 0 Å². The maximum Gasteiger partial charge on any atom is 0.246 e. The van der Waals surface area contributed by atoms with Crippen molar-refractivity contribution in [3.63, 3.8) is 0 Å². The van der Waals surface area contributed by atoms with Crippen molar-refractivity contribution in [1.29, 1.82) is 0 Å². The molecule has 1 atom stereocenters. The SMILES string of the molecule is Cn1cc(C(N)C(=O)Nc2cnoc2)cn1. The molecule has 2 heterocycles. The molecule has 16 heavy (non-hydrogen) atoms. The predicted octanol–water partition coefficient (Wildman–Crippen LogP) is 0.0466. The monoisotopic (exact) mass is 221 g/mol. The van der Waals surface area contributed by atoms with Gasteiger partial charge in [0.1, 0.15) is 18.0 Å². The smallest absolute Gasteiger partial charge is 0.246 e. The van der Waals surface area contributed by atoms with E-state index in [1.807, 2.05) is 0 Å².